The molecule has 0 bridgehead atoms. The second-order valence-electron chi connectivity index (χ2n) is 7.07. The van der Waals surface area contributed by atoms with Gasteiger partial charge in [0.2, 0.25) is 0 Å². The molecule has 31 heavy (non-hydrogen) atoms. The molecule has 0 saturated carbocycles. The van der Waals surface area contributed by atoms with Crippen LogP contribution in [0.3, 0.4) is 0 Å². The lowest BCUT2D eigenvalue weighted by molar-refractivity contribution is 0.0975. The van der Waals surface area contributed by atoms with E-state index in [-0.39, 0.29) is 5.91 Å². The van der Waals surface area contributed by atoms with Gasteiger partial charge in [-0.05, 0) is 37.5 Å². The van der Waals surface area contributed by atoms with E-state index >= 15 is 0 Å². The van der Waals surface area contributed by atoms with Gasteiger partial charge in [0.05, 0.1) is 18.6 Å². The lowest BCUT2D eigenvalue weighted by Crippen LogP contribution is -2.41. The van der Waals surface area contributed by atoms with E-state index in [1.807, 2.05) is 42.2 Å². The normalized spacial score (nSPS) is 12.4. The van der Waals surface area contributed by atoms with Gasteiger partial charge in [0.15, 0.2) is 5.96 Å². The van der Waals surface area contributed by atoms with Crippen molar-refractivity contribution in [3.63, 3.8) is 0 Å². The lowest BCUT2D eigenvalue weighted by Gasteiger charge is -2.13. The summed E-state index contributed by atoms with van der Waals surface area (Å²) in [5, 5.41) is 6.59. The van der Waals surface area contributed by atoms with Crippen molar-refractivity contribution < 1.29 is 4.79 Å². The number of aliphatic imine (C=N–C) groups is 1. The van der Waals surface area contributed by atoms with Crippen LogP contribution >= 0.6 is 11.8 Å². The topological polar surface area (TPSA) is 82.2 Å². The van der Waals surface area contributed by atoms with Gasteiger partial charge in [-0.3, -0.25) is 15.1 Å². The number of hydrogen-bond donors (Lipinski definition) is 3. The Hall–Kier alpha value is -3.06. The van der Waals surface area contributed by atoms with Crippen LogP contribution in [0.4, 0.5) is 0 Å². The minimum atomic E-state index is -0.163. The van der Waals surface area contributed by atoms with E-state index in [2.05, 4.69) is 56.8 Å². The average molecular weight is 436 g/mol. The van der Waals surface area contributed by atoms with Gasteiger partial charge < -0.3 is 10.3 Å². The van der Waals surface area contributed by atoms with Crippen LogP contribution in [0.2, 0.25) is 0 Å². The molecule has 0 aliphatic carbocycles. The van der Waals surface area contributed by atoms with Gasteiger partial charge in [-0.1, -0.05) is 48.5 Å². The highest BCUT2D eigenvalue weighted by Crippen LogP contribution is 2.27. The number of H-pyrrole nitrogens is 1. The fourth-order valence-electron chi connectivity index (χ4n) is 3.02. The van der Waals surface area contributed by atoms with Crippen LogP contribution in [0, 0.1) is 0 Å². The molecule has 6 nitrogen and oxygen atoms in total. The summed E-state index contributed by atoms with van der Waals surface area (Å²) >= 11 is 1.85. The van der Waals surface area contributed by atoms with Crippen LogP contribution in [0.5, 0.6) is 0 Å². The van der Waals surface area contributed by atoms with Crippen LogP contribution in [0.25, 0.3) is 0 Å². The van der Waals surface area contributed by atoms with E-state index in [1.54, 1.807) is 18.5 Å². The molecule has 162 valence electrons. The van der Waals surface area contributed by atoms with E-state index < -0.39 is 0 Å². The van der Waals surface area contributed by atoms with Gasteiger partial charge in [0.25, 0.3) is 5.91 Å². The van der Waals surface area contributed by atoms with Crippen LogP contribution in [-0.2, 0) is 6.42 Å². The molecule has 1 atom stereocenters. The van der Waals surface area contributed by atoms with Gasteiger partial charge >= 0.3 is 0 Å². The number of imidazole rings is 1. The number of amides is 1. The molecule has 1 heterocycles. The zero-order chi connectivity index (χ0) is 21.7. The third-order valence-electron chi connectivity index (χ3n) is 4.72. The summed E-state index contributed by atoms with van der Waals surface area (Å²) in [5.41, 5.74) is 2.95. The van der Waals surface area contributed by atoms with E-state index in [9.17, 15) is 4.79 Å². The number of carbonyl (C=O) groups excluding carboxylic acids is 1. The number of carbonyl (C=O) groups is 1. The van der Waals surface area contributed by atoms with Crippen molar-refractivity contribution in [3.05, 3.63) is 90.0 Å². The number of guanidine groups is 1. The molecule has 0 aliphatic rings. The van der Waals surface area contributed by atoms with Gasteiger partial charge in [-0.2, -0.15) is 11.8 Å². The van der Waals surface area contributed by atoms with Crippen LogP contribution in [-0.4, -0.2) is 40.7 Å². The van der Waals surface area contributed by atoms with Gasteiger partial charge in [0.1, 0.15) is 0 Å². The standard InChI is InChI=1S/C24H29N5OS/c1-19(20-9-4-2-5-10-20)31-16-15-27-24(26-14-8-13-22-17-25-18-28-22)29-23(30)21-11-6-3-7-12-21/h2-7,9-12,17-19H,8,13-16H2,1H3,(H,25,28)(H2,26,27,29,30). The predicted octanol–water partition coefficient (Wildman–Crippen LogP) is 4.21. The number of thioether (sulfide) groups is 1. The number of nitrogens with one attached hydrogen (secondary N) is 3. The zero-order valence-corrected chi connectivity index (χ0v) is 18.6. The van der Waals surface area contributed by atoms with Gasteiger partial charge in [0, 0.05) is 29.3 Å². The van der Waals surface area contributed by atoms with E-state index in [1.165, 1.54) is 5.56 Å². The maximum Gasteiger partial charge on any atom is 0.257 e. The Kier molecular flexibility index (Phi) is 9.19. The van der Waals surface area contributed by atoms with Crippen molar-refractivity contribution in [2.24, 2.45) is 4.99 Å². The monoisotopic (exact) mass is 435 g/mol. The number of aryl methyl sites for hydroxylation is 1. The SMILES string of the molecule is CC(SCC/N=C(/NCCCc1c[nH]cn1)NC(=O)c1ccccc1)c1ccccc1. The molecular formula is C24H29N5OS. The molecule has 1 amide bonds. The first kappa shape index (κ1) is 22.6. The molecule has 1 unspecified atom stereocenters. The van der Waals surface area contributed by atoms with Crippen LogP contribution < -0.4 is 10.6 Å². The smallest absolute Gasteiger partial charge is 0.257 e. The molecule has 3 aromatic rings. The van der Waals surface area contributed by atoms with Crippen LogP contribution in [0.1, 0.15) is 40.2 Å². The Balaban J connectivity index is 1.51. The maximum absolute atomic E-state index is 12.5. The van der Waals surface area contributed by atoms with Crippen molar-refractivity contribution in [2.45, 2.75) is 25.0 Å². The maximum atomic E-state index is 12.5. The lowest BCUT2D eigenvalue weighted by atomic mass is 10.2. The van der Waals surface area contributed by atoms with Crippen molar-refractivity contribution >= 4 is 23.6 Å². The highest BCUT2D eigenvalue weighted by Gasteiger charge is 2.09. The largest absolute Gasteiger partial charge is 0.356 e. The number of aromatic amines is 1. The molecule has 2 aromatic carbocycles. The fourth-order valence-corrected chi connectivity index (χ4v) is 3.92. The average Bonchev–Trinajstić information content (AvgIpc) is 3.34. The van der Waals surface area contributed by atoms with Gasteiger partial charge in [-0.15, -0.1) is 0 Å². The summed E-state index contributed by atoms with van der Waals surface area (Å²) in [6.07, 6.45) is 5.34. The fraction of sp³-hybridized carbons (Fsp3) is 0.292. The number of benzene rings is 2. The first-order valence-electron chi connectivity index (χ1n) is 10.5. The Morgan fingerprint density at radius 2 is 1.87 bits per heavy atom. The number of aromatic nitrogens is 2. The summed E-state index contributed by atoms with van der Waals surface area (Å²) in [7, 11) is 0. The molecule has 3 rings (SSSR count). The van der Waals surface area contributed by atoms with Crippen molar-refractivity contribution in [1.29, 1.82) is 0 Å². The van der Waals surface area contributed by atoms with Crippen molar-refractivity contribution in [3.8, 4) is 0 Å². The molecule has 7 heteroatoms. The highest BCUT2D eigenvalue weighted by molar-refractivity contribution is 7.99. The van der Waals surface area contributed by atoms with Crippen molar-refractivity contribution in [2.75, 3.05) is 18.8 Å². The Morgan fingerprint density at radius 1 is 1.13 bits per heavy atom. The Morgan fingerprint density at radius 3 is 2.58 bits per heavy atom. The van der Waals surface area contributed by atoms with Crippen molar-refractivity contribution in [1.82, 2.24) is 20.6 Å². The summed E-state index contributed by atoms with van der Waals surface area (Å²) in [6, 6.07) is 19.6. The second-order valence-corrected chi connectivity index (χ2v) is 8.51. The Labute approximate surface area is 188 Å². The first-order chi connectivity index (χ1) is 15.2. The van der Waals surface area contributed by atoms with E-state index in [4.69, 9.17) is 0 Å². The summed E-state index contributed by atoms with van der Waals surface area (Å²) in [5.74, 6) is 1.23. The third kappa shape index (κ3) is 7.94. The predicted molar refractivity (Wildman–Crippen MR) is 128 cm³/mol. The molecule has 0 saturated heterocycles. The molecule has 0 fully saturated rings. The summed E-state index contributed by atoms with van der Waals surface area (Å²) in [6.45, 7) is 3.53. The molecule has 0 aliphatic heterocycles. The zero-order valence-electron chi connectivity index (χ0n) is 17.8. The molecule has 0 spiro atoms. The number of rotatable bonds is 10. The minimum Gasteiger partial charge on any atom is -0.356 e. The first-order valence-corrected chi connectivity index (χ1v) is 11.6. The number of hydrogen-bond acceptors (Lipinski definition) is 4. The Bertz CT molecular complexity index is 929. The summed E-state index contributed by atoms with van der Waals surface area (Å²) < 4.78 is 0. The molecule has 1 aromatic heterocycles. The highest BCUT2D eigenvalue weighted by atomic mass is 32.2. The van der Waals surface area contributed by atoms with E-state index in [0.29, 0.717) is 29.9 Å². The van der Waals surface area contributed by atoms with E-state index in [0.717, 1.165) is 24.3 Å². The summed E-state index contributed by atoms with van der Waals surface area (Å²) in [4.78, 5) is 24.4. The molecule has 0 radical (unpaired) electrons. The number of nitrogens with zero attached hydrogens (tertiary/aromatic N) is 2. The third-order valence-corrected chi connectivity index (χ3v) is 5.91. The minimum absolute atomic E-state index is 0.163. The quantitative estimate of drug-likeness (QED) is 0.253. The van der Waals surface area contributed by atoms with Crippen LogP contribution in [0.15, 0.2) is 78.2 Å². The second kappa shape index (κ2) is 12.6. The molecular weight excluding hydrogens is 406 g/mol. The molecule has 3 N–H and O–H groups in total. The van der Waals surface area contributed by atoms with Gasteiger partial charge in [-0.25, -0.2) is 4.98 Å².